The molecule has 0 bridgehead atoms. The van der Waals surface area contributed by atoms with Crippen molar-refractivity contribution in [2.75, 3.05) is 38.3 Å². The lowest BCUT2D eigenvalue weighted by Gasteiger charge is -2.30. The topological polar surface area (TPSA) is 122 Å². The quantitative estimate of drug-likeness (QED) is 0.427. The molecule has 4 N–H and O–H groups in total. The van der Waals surface area contributed by atoms with Gasteiger partial charge in [0.1, 0.15) is 11.5 Å². The Morgan fingerprint density at radius 1 is 1.23 bits per heavy atom. The highest BCUT2D eigenvalue weighted by atomic mass is 16.5. The fourth-order valence-electron chi connectivity index (χ4n) is 5.43. The van der Waals surface area contributed by atoms with E-state index in [1.807, 2.05) is 13.1 Å². The van der Waals surface area contributed by atoms with Crippen LogP contribution < -0.4 is 16.5 Å². The molecule has 2 fully saturated rings. The first kappa shape index (κ1) is 23.4. The summed E-state index contributed by atoms with van der Waals surface area (Å²) in [6.45, 7) is 6.02. The molecule has 3 aromatic rings. The second kappa shape index (κ2) is 9.72. The largest absolute Gasteiger partial charge is 0.401 e. The number of nitrogens with two attached hydrogens (primary N) is 2. The maximum absolute atomic E-state index is 9.27. The molecular weight excluding hydrogens is 440 g/mol. The summed E-state index contributed by atoms with van der Waals surface area (Å²) in [6.07, 6.45) is 5.68. The summed E-state index contributed by atoms with van der Waals surface area (Å²) in [5.41, 5.74) is 11.4. The van der Waals surface area contributed by atoms with E-state index in [0.29, 0.717) is 11.6 Å². The number of nitrogens with zero attached hydrogens (tertiary/aromatic N) is 6. The Labute approximate surface area is 205 Å². The summed E-state index contributed by atoms with van der Waals surface area (Å²) in [4.78, 5) is 12.3. The molecule has 35 heavy (non-hydrogen) atoms. The zero-order valence-electron chi connectivity index (χ0n) is 20.6. The number of hydrogen-bond acceptors (Lipinski definition) is 8. The average Bonchev–Trinajstić information content (AvgIpc) is 3.16. The zero-order chi connectivity index (χ0) is 24.5. The van der Waals surface area contributed by atoms with Crippen molar-refractivity contribution in [2.24, 2.45) is 23.4 Å². The molecule has 0 saturated carbocycles. The van der Waals surface area contributed by atoms with E-state index >= 15 is 0 Å². The van der Waals surface area contributed by atoms with E-state index in [0.717, 1.165) is 97.7 Å². The van der Waals surface area contributed by atoms with Crippen LogP contribution in [0.1, 0.15) is 38.2 Å². The fraction of sp³-hybridized carbons (Fsp3) is 0.500. The predicted octanol–water partition coefficient (Wildman–Crippen LogP) is 3.20. The first-order valence-electron chi connectivity index (χ1n) is 12.4. The molecule has 0 radical (unpaired) electrons. The first-order valence-corrected chi connectivity index (χ1v) is 12.4. The second-order valence-corrected chi connectivity index (χ2v) is 9.83. The molecule has 9 heteroatoms. The number of fused-ring (bicyclic) bond motifs is 3. The molecule has 0 atom stereocenters. The molecule has 0 amide bonds. The Morgan fingerprint density at radius 3 is 2.63 bits per heavy atom. The van der Waals surface area contributed by atoms with Crippen LogP contribution in [-0.2, 0) is 11.3 Å². The van der Waals surface area contributed by atoms with Gasteiger partial charge >= 0.3 is 0 Å². The number of pyridine rings is 2. The molecule has 3 aromatic heterocycles. The molecule has 5 heterocycles. The summed E-state index contributed by atoms with van der Waals surface area (Å²) in [6, 6.07) is 8.78. The monoisotopic (exact) mass is 474 g/mol. The minimum absolute atomic E-state index is 0.145. The number of nitriles is 1. The molecule has 5 rings (SSSR count). The van der Waals surface area contributed by atoms with Crippen molar-refractivity contribution in [3.63, 3.8) is 0 Å². The minimum atomic E-state index is 0.145. The van der Waals surface area contributed by atoms with Crippen LogP contribution in [0.3, 0.4) is 0 Å². The highest BCUT2D eigenvalue weighted by molar-refractivity contribution is 6.05. The highest BCUT2D eigenvalue weighted by Gasteiger charge is 2.24. The summed E-state index contributed by atoms with van der Waals surface area (Å²) in [5, 5.41) is 11.9. The molecule has 184 valence electrons. The van der Waals surface area contributed by atoms with E-state index in [4.69, 9.17) is 26.3 Å². The molecule has 0 aliphatic carbocycles. The van der Waals surface area contributed by atoms with Crippen molar-refractivity contribution in [3.8, 4) is 6.07 Å². The van der Waals surface area contributed by atoms with Gasteiger partial charge in [0.2, 0.25) is 0 Å². The third kappa shape index (κ3) is 4.51. The Balaban J connectivity index is 1.63. The number of hydrazine groups is 1. The number of anilines is 1. The van der Waals surface area contributed by atoms with Crippen molar-refractivity contribution in [3.05, 3.63) is 35.7 Å². The van der Waals surface area contributed by atoms with Gasteiger partial charge in [-0.25, -0.2) is 10.8 Å². The van der Waals surface area contributed by atoms with Crippen LogP contribution in [0.5, 0.6) is 0 Å². The average molecular weight is 475 g/mol. The smallest absolute Gasteiger partial charge is 0.145 e. The van der Waals surface area contributed by atoms with Gasteiger partial charge in [-0.1, -0.05) is 0 Å². The van der Waals surface area contributed by atoms with Crippen LogP contribution in [0.15, 0.2) is 30.1 Å². The molecule has 2 aliphatic rings. The first-order chi connectivity index (χ1) is 17.0. The molecule has 0 aromatic carbocycles. The number of aromatic nitrogens is 3. The highest BCUT2D eigenvalue weighted by Crippen LogP contribution is 2.33. The summed E-state index contributed by atoms with van der Waals surface area (Å²) in [5.74, 6) is 7.74. The number of ether oxygens (including phenoxy) is 1. The van der Waals surface area contributed by atoms with Crippen molar-refractivity contribution in [1.82, 2.24) is 19.5 Å². The maximum Gasteiger partial charge on any atom is 0.145 e. The molecular formula is C26H34N8O. The van der Waals surface area contributed by atoms with Gasteiger partial charge in [0, 0.05) is 68.7 Å². The number of allylic oxidation sites excluding steroid dienone is 1. The number of hydrogen-bond donors (Lipinski definition) is 2. The van der Waals surface area contributed by atoms with Gasteiger partial charge in [0.15, 0.2) is 0 Å². The lowest BCUT2D eigenvalue weighted by molar-refractivity contribution is 0.0619. The van der Waals surface area contributed by atoms with E-state index in [-0.39, 0.29) is 5.92 Å². The van der Waals surface area contributed by atoms with Gasteiger partial charge in [-0.2, -0.15) is 5.26 Å². The Hall–Kier alpha value is -3.35. The van der Waals surface area contributed by atoms with E-state index in [1.54, 1.807) is 12.1 Å². The predicted molar refractivity (Wildman–Crippen MR) is 138 cm³/mol. The number of rotatable bonds is 5. The summed E-state index contributed by atoms with van der Waals surface area (Å²) in [7, 11) is 1.79. The normalized spacial score (nSPS) is 18.6. The summed E-state index contributed by atoms with van der Waals surface area (Å²) >= 11 is 0. The van der Waals surface area contributed by atoms with Crippen LogP contribution in [0.2, 0.25) is 0 Å². The van der Waals surface area contributed by atoms with Gasteiger partial charge in [-0.3, -0.25) is 4.98 Å². The van der Waals surface area contributed by atoms with Gasteiger partial charge in [0.25, 0.3) is 0 Å². The molecule has 2 aliphatic heterocycles. The van der Waals surface area contributed by atoms with Crippen molar-refractivity contribution in [1.29, 1.82) is 5.26 Å². The molecule has 0 unspecified atom stereocenters. The van der Waals surface area contributed by atoms with Gasteiger partial charge in [-0.15, -0.1) is 0 Å². The van der Waals surface area contributed by atoms with E-state index < -0.39 is 0 Å². The van der Waals surface area contributed by atoms with Gasteiger partial charge < -0.3 is 24.9 Å². The third-order valence-electron chi connectivity index (χ3n) is 7.31. The Kier molecular flexibility index (Phi) is 6.50. The van der Waals surface area contributed by atoms with E-state index in [2.05, 4.69) is 33.7 Å². The SMILES string of the molecule is C/C(N)=C(\c1cnc2c3ccc(N4CCC(C#N)CC4)nc3n(CC3CCOCC3)c2c1)N(C)N. The molecule has 2 saturated heterocycles. The van der Waals surface area contributed by atoms with Crippen LogP contribution in [0, 0.1) is 23.2 Å². The summed E-state index contributed by atoms with van der Waals surface area (Å²) < 4.78 is 7.93. The van der Waals surface area contributed by atoms with Crippen molar-refractivity contribution < 1.29 is 4.74 Å². The number of piperidine rings is 1. The van der Waals surface area contributed by atoms with Gasteiger partial charge in [0.05, 0.1) is 22.8 Å². The van der Waals surface area contributed by atoms with Crippen LogP contribution in [0.4, 0.5) is 5.82 Å². The van der Waals surface area contributed by atoms with Crippen LogP contribution >= 0.6 is 0 Å². The van der Waals surface area contributed by atoms with Gasteiger partial charge in [-0.05, 0) is 56.7 Å². The van der Waals surface area contributed by atoms with Crippen molar-refractivity contribution in [2.45, 2.75) is 39.2 Å². The zero-order valence-corrected chi connectivity index (χ0v) is 20.6. The van der Waals surface area contributed by atoms with E-state index in [9.17, 15) is 5.26 Å². The Morgan fingerprint density at radius 2 is 1.97 bits per heavy atom. The minimum Gasteiger partial charge on any atom is -0.401 e. The van der Waals surface area contributed by atoms with E-state index in [1.165, 1.54) is 0 Å². The van der Waals surface area contributed by atoms with Crippen LogP contribution in [0.25, 0.3) is 27.8 Å². The lowest BCUT2D eigenvalue weighted by Crippen LogP contribution is -2.33. The van der Waals surface area contributed by atoms with Crippen LogP contribution in [-0.4, -0.2) is 52.9 Å². The molecule has 9 nitrogen and oxygen atoms in total. The standard InChI is InChI=1S/C26H34N8O/c1-17(28)25(32(2)29)20-13-22-24(30-15-20)21-3-4-23(33-9-5-18(14-27)6-10-33)31-26(21)34(22)16-19-7-11-35-12-8-19/h3-4,13,15,18-19H,5-12,16,28-29H2,1-2H3/b25-17-. The Bertz CT molecular complexity index is 1290. The second-order valence-electron chi connectivity index (χ2n) is 9.83. The maximum atomic E-state index is 9.27. The molecule has 0 spiro atoms. The van der Waals surface area contributed by atoms with Crippen molar-refractivity contribution >= 4 is 33.6 Å². The lowest BCUT2D eigenvalue weighted by atomic mass is 9.99. The third-order valence-corrected chi connectivity index (χ3v) is 7.31. The fourth-order valence-corrected chi connectivity index (χ4v) is 5.43.